The minimum Gasteiger partial charge on any atom is -0.314 e. The van der Waals surface area contributed by atoms with Crippen molar-refractivity contribution >= 4 is 12.4 Å². The monoisotopic (exact) mass is 189 g/mol. The van der Waals surface area contributed by atoms with Gasteiger partial charge in [-0.2, -0.15) is 0 Å². The summed E-state index contributed by atoms with van der Waals surface area (Å²) in [5, 5.41) is 3.58. The molecule has 0 aromatic carbocycles. The van der Waals surface area contributed by atoms with Gasteiger partial charge in [-0.15, -0.1) is 12.4 Å². The molecule has 2 heteroatoms. The predicted molar refractivity (Wildman–Crippen MR) is 54.8 cm³/mol. The largest absolute Gasteiger partial charge is 0.314 e. The van der Waals surface area contributed by atoms with Crippen LogP contribution in [-0.4, -0.2) is 12.6 Å². The maximum atomic E-state index is 3.58. The van der Waals surface area contributed by atoms with E-state index in [1.54, 1.807) is 0 Å². The number of nitrogens with one attached hydrogen (secondary N) is 1. The van der Waals surface area contributed by atoms with Gasteiger partial charge < -0.3 is 5.32 Å². The van der Waals surface area contributed by atoms with Crippen molar-refractivity contribution in [3.8, 4) is 0 Å². The van der Waals surface area contributed by atoms with E-state index in [9.17, 15) is 0 Å². The van der Waals surface area contributed by atoms with Gasteiger partial charge in [0.2, 0.25) is 0 Å². The van der Waals surface area contributed by atoms with Crippen molar-refractivity contribution < 1.29 is 0 Å². The summed E-state index contributed by atoms with van der Waals surface area (Å²) in [5.74, 6) is 0. The summed E-state index contributed by atoms with van der Waals surface area (Å²) in [4.78, 5) is 0. The smallest absolute Gasteiger partial charge is 0.00447 e. The Hall–Kier alpha value is 0.250. The van der Waals surface area contributed by atoms with Crippen molar-refractivity contribution in [2.75, 3.05) is 6.54 Å². The molecule has 1 aliphatic heterocycles. The molecule has 2 rings (SSSR count). The molecule has 1 saturated heterocycles. The van der Waals surface area contributed by atoms with Gasteiger partial charge in [0.15, 0.2) is 0 Å². The Bertz CT molecular complexity index is 135. The van der Waals surface area contributed by atoms with Crippen molar-refractivity contribution in [2.45, 2.75) is 51.5 Å². The van der Waals surface area contributed by atoms with Crippen LogP contribution in [0.4, 0.5) is 0 Å². The van der Waals surface area contributed by atoms with Crippen LogP contribution in [0.25, 0.3) is 0 Å². The van der Waals surface area contributed by atoms with Crippen LogP contribution >= 0.6 is 12.4 Å². The Kier molecular flexibility index (Phi) is 3.42. The summed E-state index contributed by atoms with van der Waals surface area (Å²) in [6.07, 6.45) is 8.86. The number of halogens is 1. The summed E-state index contributed by atoms with van der Waals surface area (Å²) in [6.45, 7) is 3.62. The van der Waals surface area contributed by atoms with Crippen molar-refractivity contribution in [3.63, 3.8) is 0 Å². The molecule has 0 radical (unpaired) electrons. The van der Waals surface area contributed by atoms with Crippen molar-refractivity contribution in [2.24, 2.45) is 5.41 Å². The molecule has 1 N–H and O–H groups in total. The summed E-state index contributed by atoms with van der Waals surface area (Å²) in [6, 6.07) is 0.785. The summed E-state index contributed by atoms with van der Waals surface area (Å²) >= 11 is 0. The number of hydrogen-bond acceptors (Lipinski definition) is 1. The molecule has 1 nitrogen and oxygen atoms in total. The van der Waals surface area contributed by atoms with Gasteiger partial charge in [-0.1, -0.05) is 19.3 Å². The third-order valence-electron chi connectivity index (χ3n) is 3.48. The van der Waals surface area contributed by atoms with Gasteiger partial charge in [0.1, 0.15) is 0 Å². The molecule has 2 aliphatic rings. The first-order chi connectivity index (χ1) is 5.31. The quantitative estimate of drug-likeness (QED) is 0.618. The fraction of sp³-hybridized carbons (Fsp3) is 1.00. The Balaban J connectivity index is 0.000000720. The first-order valence-electron chi connectivity index (χ1n) is 5.04. The second-order valence-electron chi connectivity index (χ2n) is 4.55. The van der Waals surface area contributed by atoms with E-state index >= 15 is 0 Å². The van der Waals surface area contributed by atoms with E-state index < -0.39 is 0 Å². The third kappa shape index (κ3) is 1.94. The molecule has 1 atom stereocenters. The molecule has 72 valence electrons. The Morgan fingerprint density at radius 2 is 1.83 bits per heavy atom. The summed E-state index contributed by atoms with van der Waals surface area (Å²) in [5.41, 5.74) is 0.734. The Morgan fingerprint density at radius 1 is 1.17 bits per heavy atom. The van der Waals surface area contributed by atoms with E-state index in [1.165, 1.54) is 45.1 Å². The van der Waals surface area contributed by atoms with Crippen LogP contribution in [0.2, 0.25) is 0 Å². The van der Waals surface area contributed by atoms with Crippen LogP contribution in [-0.2, 0) is 0 Å². The normalized spacial score (nSPS) is 33.2. The fourth-order valence-electron chi connectivity index (χ4n) is 2.87. The third-order valence-corrected chi connectivity index (χ3v) is 3.48. The lowest BCUT2D eigenvalue weighted by Crippen LogP contribution is -2.26. The first kappa shape index (κ1) is 10.3. The maximum Gasteiger partial charge on any atom is 0.00447 e. The van der Waals surface area contributed by atoms with E-state index in [4.69, 9.17) is 0 Å². The molecule has 1 heterocycles. The molecule has 0 unspecified atom stereocenters. The minimum atomic E-state index is 0. The molecule has 2 fully saturated rings. The molecule has 1 aliphatic carbocycles. The van der Waals surface area contributed by atoms with Crippen molar-refractivity contribution in [1.29, 1.82) is 0 Å². The SMILES string of the molecule is C[C@H]1CC2(CCCCC2)CN1.Cl. The Morgan fingerprint density at radius 3 is 2.33 bits per heavy atom. The average Bonchev–Trinajstić information content (AvgIpc) is 2.34. The summed E-state index contributed by atoms with van der Waals surface area (Å²) in [7, 11) is 0. The highest BCUT2D eigenvalue weighted by Gasteiger charge is 2.37. The topological polar surface area (TPSA) is 12.0 Å². The lowest BCUT2D eigenvalue weighted by Gasteiger charge is -2.32. The molecule has 0 bridgehead atoms. The van der Waals surface area contributed by atoms with E-state index in [2.05, 4.69) is 12.2 Å². The van der Waals surface area contributed by atoms with E-state index in [-0.39, 0.29) is 12.4 Å². The molecule has 0 aromatic heterocycles. The standard InChI is InChI=1S/C10H19N.ClH/c1-9-7-10(8-11-9)5-3-2-4-6-10;/h9,11H,2-8H2,1H3;1H/t9-;/m0./s1. The predicted octanol–water partition coefficient (Wildman–Crippen LogP) is 2.74. The average molecular weight is 190 g/mol. The van der Waals surface area contributed by atoms with Gasteiger partial charge in [-0.3, -0.25) is 0 Å². The van der Waals surface area contributed by atoms with E-state index in [1.807, 2.05) is 0 Å². The molecule has 0 aromatic rings. The van der Waals surface area contributed by atoms with Gasteiger partial charge in [0.25, 0.3) is 0 Å². The minimum absolute atomic E-state index is 0. The Labute approximate surface area is 81.7 Å². The second kappa shape index (κ2) is 3.97. The molecule has 1 spiro atoms. The van der Waals surface area contributed by atoms with Gasteiger partial charge >= 0.3 is 0 Å². The zero-order valence-corrected chi connectivity index (χ0v) is 8.75. The van der Waals surface area contributed by atoms with Crippen LogP contribution in [0.5, 0.6) is 0 Å². The van der Waals surface area contributed by atoms with Crippen LogP contribution < -0.4 is 5.32 Å². The highest BCUT2D eigenvalue weighted by Crippen LogP contribution is 2.42. The van der Waals surface area contributed by atoms with Crippen molar-refractivity contribution in [1.82, 2.24) is 5.32 Å². The van der Waals surface area contributed by atoms with Crippen LogP contribution in [0.3, 0.4) is 0 Å². The number of hydrogen-bond donors (Lipinski definition) is 1. The van der Waals surface area contributed by atoms with Gasteiger partial charge in [-0.25, -0.2) is 0 Å². The van der Waals surface area contributed by atoms with Gasteiger partial charge in [0.05, 0.1) is 0 Å². The van der Waals surface area contributed by atoms with Gasteiger partial charge in [0, 0.05) is 12.6 Å². The van der Waals surface area contributed by atoms with E-state index in [0.29, 0.717) is 0 Å². The highest BCUT2D eigenvalue weighted by atomic mass is 35.5. The lowest BCUT2D eigenvalue weighted by molar-refractivity contribution is 0.212. The number of rotatable bonds is 0. The van der Waals surface area contributed by atoms with Crippen LogP contribution in [0.1, 0.15) is 45.4 Å². The molecular weight excluding hydrogens is 170 g/mol. The van der Waals surface area contributed by atoms with E-state index in [0.717, 1.165) is 11.5 Å². The van der Waals surface area contributed by atoms with Gasteiger partial charge in [-0.05, 0) is 31.6 Å². The molecule has 12 heavy (non-hydrogen) atoms. The van der Waals surface area contributed by atoms with Crippen molar-refractivity contribution in [3.05, 3.63) is 0 Å². The fourth-order valence-corrected chi connectivity index (χ4v) is 2.87. The molecule has 0 amide bonds. The second-order valence-corrected chi connectivity index (χ2v) is 4.55. The molecule has 1 saturated carbocycles. The zero-order chi connectivity index (χ0) is 7.73. The summed E-state index contributed by atoms with van der Waals surface area (Å²) < 4.78 is 0. The van der Waals surface area contributed by atoms with Crippen LogP contribution in [0, 0.1) is 5.41 Å². The highest BCUT2D eigenvalue weighted by molar-refractivity contribution is 5.85. The first-order valence-corrected chi connectivity index (χ1v) is 5.04. The maximum absolute atomic E-state index is 3.58. The zero-order valence-electron chi connectivity index (χ0n) is 7.94. The lowest BCUT2D eigenvalue weighted by atomic mass is 9.73. The molecular formula is C10H20ClN. The van der Waals surface area contributed by atoms with Crippen LogP contribution in [0.15, 0.2) is 0 Å².